The number of anilines is 2. The molecule has 5 heteroatoms. The van der Waals surface area contributed by atoms with Crippen LogP contribution in [0.1, 0.15) is 23.1 Å². The molecule has 0 aliphatic carbocycles. The number of aryl methyl sites for hydroxylation is 3. The van der Waals surface area contributed by atoms with Crippen molar-refractivity contribution >= 4 is 34.8 Å². The smallest absolute Gasteiger partial charge is 0.229 e. The fraction of sp³-hybridized carbons (Fsp3) is 0.300. The molecule has 0 spiro atoms. The first kappa shape index (κ1) is 17.5. The van der Waals surface area contributed by atoms with Crippen molar-refractivity contribution in [3.8, 4) is 0 Å². The number of hydrogen-bond donors (Lipinski definition) is 1. The van der Waals surface area contributed by atoms with Gasteiger partial charge in [0.15, 0.2) is 0 Å². The maximum Gasteiger partial charge on any atom is 0.229 e. The molecule has 0 radical (unpaired) electrons. The molecule has 1 aliphatic rings. The van der Waals surface area contributed by atoms with E-state index < -0.39 is 0 Å². The van der Waals surface area contributed by atoms with E-state index in [1.807, 2.05) is 32.9 Å². The fourth-order valence-corrected chi connectivity index (χ4v) is 3.47. The van der Waals surface area contributed by atoms with Crippen molar-refractivity contribution in [1.29, 1.82) is 0 Å². The summed E-state index contributed by atoms with van der Waals surface area (Å²) in [6, 6.07) is 11.4. The van der Waals surface area contributed by atoms with Crippen LogP contribution in [0.15, 0.2) is 36.4 Å². The predicted octanol–water partition coefficient (Wildman–Crippen LogP) is 4.26. The molecule has 3 rings (SSSR count). The monoisotopic (exact) mass is 356 g/mol. The summed E-state index contributed by atoms with van der Waals surface area (Å²) < 4.78 is 0. The van der Waals surface area contributed by atoms with E-state index in [4.69, 9.17) is 11.6 Å². The highest BCUT2D eigenvalue weighted by atomic mass is 35.5. The van der Waals surface area contributed by atoms with Gasteiger partial charge in [0.1, 0.15) is 0 Å². The van der Waals surface area contributed by atoms with Gasteiger partial charge in [-0.15, -0.1) is 0 Å². The average Bonchev–Trinajstić information content (AvgIpc) is 2.91. The number of nitrogens with zero attached hydrogens (tertiary/aromatic N) is 1. The first-order valence-electron chi connectivity index (χ1n) is 8.29. The molecule has 1 unspecified atom stereocenters. The van der Waals surface area contributed by atoms with Crippen LogP contribution in [0, 0.1) is 26.7 Å². The minimum atomic E-state index is -0.358. The number of carbonyl (C=O) groups is 2. The van der Waals surface area contributed by atoms with Crippen molar-refractivity contribution < 1.29 is 9.59 Å². The molecule has 1 saturated heterocycles. The Bertz CT molecular complexity index is 827. The van der Waals surface area contributed by atoms with Crippen LogP contribution in [0.2, 0.25) is 5.02 Å². The lowest BCUT2D eigenvalue weighted by Crippen LogP contribution is -2.28. The van der Waals surface area contributed by atoms with Gasteiger partial charge in [-0.1, -0.05) is 17.7 Å². The fourth-order valence-electron chi connectivity index (χ4n) is 3.24. The highest BCUT2D eigenvalue weighted by Gasteiger charge is 2.35. The van der Waals surface area contributed by atoms with Gasteiger partial charge in [0.25, 0.3) is 0 Å². The second kappa shape index (κ2) is 6.89. The summed E-state index contributed by atoms with van der Waals surface area (Å²) in [5.41, 5.74) is 4.70. The van der Waals surface area contributed by atoms with Crippen molar-refractivity contribution in [2.45, 2.75) is 27.2 Å². The number of rotatable bonds is 3. The Morgan fingerprint density at radius 2 is 1.80 bits per heavy atom. The lowest BCUT2D eigenvalue weighted by atomic mass is 10.1. The molecule has 130 valence electrons. The average molecular weight is 357 g/mol. The summed E-state index contributed by atoms with van der Waals surface area (Å²) >= 11 is 5.95. The van der Waals surface area contributed by atoms with Gasteiger partial charge in [-0.05, 0) is 67.8 Å². The minimum absolute atomic E-state index is 0.0158. The van der Waals surface area contributed by atoms with Crippen LogP contribution in [0.5, 0.6) is 0 Å². The van der Waals surface area contributed by atoms with E-state index in [0.717, 1.165) is 28.1 Å². The Hall–Kier alpha value is -2.33. The molecule has 1 heterocycles. The number of carbonyl (C=O) groups excluding carboxylic acids is 2. The Morgan fingerprint density at radius 1 is 1.12 bits per heavy atom. The third-order valence-electron chi connectivity index (χ3n) is 4.46. The zero-order valence-corrected chi connectivity index (χ0v) is 15.4. The topological polar surface area (TPSA) is 49.4 Å². The molecular weight excluding hydrogens is 336 g/mol. The van der Waals surface area contributed by atoms with Gasteiger partial charge in [-0.3, -0.25) is 9.59 Å². The highest BCUT2D eigenvalue weighted by Crippen LogP contribution is 2.28. The van der Waals surface area contributed by atoms with E-state index in [1.165, 1.54) is 0 Å². The first-order chi connectivity index (χ1) is 11.8. The number of nitrogens with one attached hydrogen (secondary N) is 1. The van der Waals surface area contributed by atoms with Crippen molar-refractivity contribution in [3.05, 3.63) is 58.1 Å². The van der Waals surface area contributed by atoms with E-state index in [2.05, 4.69) is 11.4 Å². The third-order valence-corrected chi connectivity index (χ3v) is 4.70. The molecule has 0 saturated carbocycles. The van der Waals surface area contributed by atoms with Crippen LogP contribution >= 0.6 is 11.6 Å². The Kier molecular flexibility index (Phi) is 4.82. The molecule has 0 aromatic heterocycles. The Balaban J connectivity index is 1.74. The van der Waals surface area contributed by atoms with Crippen molar-refractivity contribution in [1.82, 2.24) is 0 Å². The van der Waals surface area contributed by atoms with Crippen LogP contribution in [0.25, 0.3) is 0 Å². The second-order valence-electron chi connectivity index (χ2n) is 6.70. The van der Waals surface area contributed by atoms with E-state index >= 15 is 0 Å². The van der Waals surface area contributed by atoms with E-state index in [-0.39, 0.29) is 24.2 Å². The van der Waals surface area contributed by atoms with Gasteiger partial charge in [-0.2, -0.15) is 0 Å². The van der Waals surface area contributed by atoms with Crippen LogP contribution < -0.4 is 10.2 Å². The molecule has 0 bridgehead atoms. The largest absolute Gasteiger partial charge is 0.326 e. The summed E-state index contributed by atoms with van der Waals surface area (Å²) in [6.45, 7) is 6.30. The molecule has 1 N–H and O–H groups in total. The highest BCUT2D eigenvalue weighted by molar-refractivity contribution is 6.30. The Labute approximate surface area is 152 Å². The standard InChI is InChI=1S/C20H21ClN2O2/c1-12-6-13(2)8-17(7-12)23-11-15(10-19(23)24)20(25)22-18-5-4-16(21)9-14(18)3/h4-9,15H,10-11H2,1-3H3,(H,22,25). The van der Waals surface area contributed by atoms with Crippen LogP contribution in [-0.2, 0) is 9.59 Å². The predicted molar refractivity (Wildman–Crippen MR) is 101 cm³/mol. The van der Waals surface area contributed by atoms with Crippen LogP contribution in [-0.4, -0.2) is 18.4 Å². The Morgan fingerprint density at radius 3 is 2.44 bits per heavy atom. The lowest BCUT2D eigenvalue weighted by Gasteiger charge is -2.18. The van der Waals surface area contributed by atoms with Crippen molar-refractivity contribution in [2.75, 3.05) is 16.8 Å². The normalized spacial score (nSPS) is 17.0. The van der Waals surface area contributed by atoms with Gasteiger partial charge < -0.3 is 10.2 Å². The summed E-state index contributed by atoms with van der Waals surface area (Å²) in [7, 11) is 0. The summed E-state index contributed by atoms with van der Waals surface area (Å²) in [5.74, 6) is -0.507. The molecule has 2 amide bonds. The molecular formula is C20H21ClN2O2. The number of amides is 2. The maximum absolute atomic E-state index is 12.6. The summed E-state index contributed by atoms with van der Waals surface area (Å²) in [6.07, 6.45) is 0.228. The molecule has 1 fully saturated rings. The van der Waals surface area contributed by atoms with E-state index in [1.54, 1.807) is 23.1 Å². The molecule has 25 heavy (non-hydrogen) atoms. The van der Waals surface area contributed by atoms with Gasteiger partial charge in [0.2, 0.25) is 11.8 Å². The summed E-state index contributed by atoms with van der Waals surface area (Å²) in [5, 5.41) is 3.55. The SMILES string of the molecule is Cc1cc(C)cc(N2CC(C(=O)Nc3ccc(Cl)cc3C)CC2=O)c1. The molecule has 2 aromatic carbocycles. The number of hydrogen-bond acceptors (Lipinski definition) is 2. The van der Waals surface area contributed by atoms with Gasteiger partial charge in [0, 0.05) is 29.4 Å². The molecule has 2 aromatic rings. The van der Waals surface area contributed by atoms with E-state index in [9.17, 15) is 9.59 Å². The number of benzene rings is 2. The quantitative estimate of drug-likeness (QED) is 0.893. The van der Waals surface area contributed by atoms with Crippen LogP contribution in [0.3, 0.4) is 0 Å². The van der Waals surface area contributed by atoms with Gasteiger partial charge in [-0.25, -0.2) is 0 Å². The van der Waals surface area contributed by atoms with Crippen molar-refractivity contribution in [2.24, 2.45) is 5.92 Å². The van der Waals surface area contributed by atoms with E-state index in [0.29, 0.717) is 11.6 Å². The lowest BCUT2D eigenvalue weighted by molar-refractivity contribution is -0.122. The van der Waals surface area contributed by atoms with Crippen LogP contribution in [0.4, 0.5) is 11.4 Å². The van der Waals surface area contributed by atoms with Crippen molar-refractivity contribution in [3.63, 3.8) is 0 Å². The van der Waals surface area contributed by atoms with Gasteiger partial charge >= 0.3 is 0 Å². The zero-order valence-electron chi connectivity index (χ0n) is 14.6. The molecule has 4 nitrogen and oxygen atoms in total. The minimum Gasteiger partial charge on any atom is -0.326 e. The zero-order chi connectivity index (χ0) is 18.1. The maximum atomic E-state index is 12.6. The second-order valence-corrected chi connectivity index (χ2v) is 7.14. The first-order valence-corrected chi connectivity index (χ1v) is 8.67. The number of halogens is 1. The third kappa shape index (κ3) is 3.85. The molecule has 1 aliphatic heterocycles. The summed E-state index contributed by atoms with van der Waals surface area (Å²) in [4.78, 5) is 26.7. The van der Waals surface area contributed by atoms with Gasteiger partial charge in [0.05, 0.1) is 5.92 Å². The molecule has 1 atom stereocenters.